The molecule has 1 aliphatic rings. The normalized spacial score (nSPS) is 19.9. The number of hydrogen-bond acceptors (Lipinski definition) is 4. The summed E-state index contributed by atoms with van der Waals surface area (Å²) in [6.45, 7) is 1.04. The minimum absolute atomic E-state index is 0.209. The molecule has 5 heteroatoms. The highest BCUT2D eigenvalue weighted by Gasteiger charge is 2.18. The zero-order valence-corrected chi connectivity index (χ0v) is 11.4. The lowest BCUT2D eigenvalue weighted by molar-refractivity contribution is 0.592. The fourth-order valence-electron chi connectivity index (χ4n) is 1.92. The summed E-state index contributed by atoms with van der Waals surface area (Å²) in [5.74, 6) is 2.04. The van der Waals surface area contributed by atoms with Crippen LogP contribution >= 0.6 is 23.1 Å². The summed E-state index contributed by atoms with van der Waals surface area (Å²) in [6.07, 6.45) is 0. The molecule has 2 aromatic rings. The van der Waals surface area contributed by atoms with E-state index >= 15 is 0 Å². The van der Waals surface area contributed by atoms with E-state index in [4.69, 9.17) is 0 Å². The topological polar surface area (TPSA) is 24.9 Å². The molecule has 1 atom stereocenters. The van der Waals surface area contributed by atoms with Crippen LogP contribution in [0.2, 0.25) is 0 Å². The van der Waals surface area contributed by atoms with Crippen LogP contribution in [-0.2, 0) is 0 Å². The van der Waals surface area contributed by atoms with Gasteiger partial charge in [-0.3, -0.25) is 0 Å². The molecule has 1 saturated heterocycles. The van der Waals surface area contributed by atoms with Crippen LogP contribution in [0.4, 0.5) is 4.39 Å². The lowest BCUT2D eigenvalue weighted by atomic mass is 10.2. The van der Waals surface area contributed by atoms with Crippen LogP contribution in [0.3, 0.4) is 0 Å². The molecule has 1 aliphatic heterocycles. The number of hydrogen-bond donors (Lipinski definition) is 1. The lowest BCUT2D eigenvalue weighted by Crippen LogP contribution is -2.30. The first-order chi connectivity index (χ1) is 8.83. The third kappa shape index (κ3) is 2.58. The van der Waals surface area contributed by atoms with Gasteiger partial charge in [-0.2, -0.15) is 11.8 Å². The molecule has 0 amide bonds. The van der Waals surface area contributed by atoms with E-state index in [1.807, 2.05) is 17.1 Å². The van der Waals surface area contributed by atoms with Gasteiger partial charge >= 0.3 is 0 Å². The SMILES string of the molecule is Fc1ccc(-c2csc(C3CSCCN3)n2)cc1. The van der Waals surface area contributed by atoms with Gasteiger partial charge in [0.15, 0.2) is 0 Å². The van der Waals surface area contributed by atoms with Crippen LogP contribution in [-0.4, -0.2) is 23.0 Å². The first kappa shape index (κ1) is 12.1. The van der Waals surface area contributed by atoms with E-state index in [1.165, 1.54) is 17.9 Å². The maximum atomic E-state index is 12.9. The Balaban J connectivity index is 1.82. The van der Waals surface area contributed by atoms with Crippen molar-refractivity contribution in [3.8, 4) is 11.3 Å². The molecule has 94 valence electrons. The standard InChI is InChI=1S/C13H13FN2S2/c14-10-3-1-9(2-4-10)11-8-18-13(16-11)12-7-17-6-5-15-12/h1-4,8,12,15H,5-7H2. The van der Waals surface area contributed by atoms with Crippen molar-refractivity contribution in [3.63, 3.8) is 0 Å². The number of rotatable bonds is 2. The Morgan fingerprint density at radius 3 is 2.83 bits per heavy atom. The van der Waals surface area contributed by atoms with Crippen molar-refractivity contribution >= 4 is 23.1 Å². The first-order valence-corrected chi connectivity index (χ1v) is 7.89. The van der Waals surface area contributed by atoms with E-state index in [0.29, 0.717) is 6.04 Å². The van der Waals surface area contributed by atoms with Gasteiger partial charge in [-0.25, -0.2) is 9.37 Å². The van der Waals surface area contributed by atoms with Crippen molar-refractivity contribution in [3.05, 3.63) is 40.5 Å². The molecule has 0 bridgehead atoms. The van der Waals surface area contributed by atoms with Gasteiger partial charge in [0.25, 0.3) is 0 Å². The Hall–Kier alpha value is -0.910. The molecule has 1 unspecified atom stereocenters. The van der Waals surface area contributed by atoms with Gasteiger partial charge in [0.05, 0.1) is 11.7 Å². The fourth-order valence-corrected chi connectivity index (χ4v) is 3.87. The molecule has 2 nitrogen and oxygen atoms in total. The Kier molecular flexibility index (Phi) is 3.63. The molecule has 1 aromatic heterocycles. The third-order valence-electron chi connectivity index (χ3n) is 2.88. The Bertz CT molecular complexity index is 518. The average molecular weight is 280 g/mol. The minimum atomic E-state index is -0.209. The van der Waals surface area contributed by atoms with E-state index in [2.05, 4.69) is 10.3 Å². The molecule has 18 heavy (non-hydrogen) atoms. The van der Waals surface area contributed by atoms with Gasteiger partial charge in [0.2, 0.25) is 0 Å². The van der Waals surface area contributed by atoms with E-state index in [1.54, 1.807) is 23.5 Å². The summed E-state index contributed by atoms with van der Waals surface area (Å²) in [5, 5.41) is 6.65. The van der Waals surface area contributed by atoms with Crippen LogP contribution < -0.4 is 5.32 Å². The zero-order valence-electron chi connectivity index (χ0n) is 9.73. The van der Waals surface area contributed by atoms with Gasteiger partial charge in [-0.1, -0.05) is 0 Å². The summed E-state index contributed by atoms with van der Waals surface area (Å²) in [6, 6.07) is 6.86. The lowest BCUT2D eigenvalue weighted by Gasteiger charge is -2.20. The predicted molar refractivity (Wildman–Crippen MR) is 75.6 cm³/mol. The molecule has 0 saturated carbocycles. The third-order valence-corrected chi connectivity index (χ3v) is 4.90. The fraction of sp³-hybridized carbons (Fsp3) is 0.308. The molecule has 3 rings (SSSR count). The van der Waals surface area contributed by atoms with Crippen LogP contribution in [0.5, 0.6) is 0 Å². The monoisotopic (exact) mass is 280 g/mol. The Labute approximate surface area is 114 Å². The molecule has 2 heterocycles. The number of nitrogens with zero attached hydrogens (tertiary/aromatic N) is 1. The van der Waals surface area contributed by atoms with Crippen LogP contribution in [0.15, 0.2) is 29.6 Å². The quantitative estimate of drug-likeness (QED) is 0.913. The molecule has 0 aliphatic carbocycles. The van der Waals surface area contributed by atoms with Crippen molar-refractivity contribution < 1.29 is 4.39 Å². The van der Waals surface area contributed by atoms with E-state index in [0.717, 1.165) is 28.6 Å². The van der Waals surface area contributed by atoms with Crippen LogP contribution in [0, 0.1) is 5.82 Å². The molecule has 1 fully saturated rings. The van der Waals surface area contributed by atoms with Gasteiger partial charge < -0.3 is 5.32 Å². The summed E-state index contributed by atoms with van der Waals surface area (Å²) in [4.78, 5) is 4.65. The second-order valence-corrected chi connectivity index (χ2v) is 6.20. The van der Waals surface area contributed by atoms with E-state index in [-0.39, 0.29) is 5.82 Å². The van der Waals surface area contributed by atoms with Gasteiger partial charge in [-0.15, -0.1) is 11.3 Å². The summed E-state index contributed by atoms with van der Waals surface area (Å²) >= 11 is 3.63. The average Bonchev–Trinajstić information content (AvgIpc) is 2.90. The second kappa shape index (κ2) is 5.38. The summed E-state index contributed by atoms with van der Waals surface area (Å²) in [5.41, 5.74) is 1.91. The molecular weight excluding hydrogens is 267 g/mol. The maximum absolute atomic E-state index is 12.9. The highest BCUT2D eigenvalue weighted by Crippen LogP contribution is 2.28. The first-order valence-electron chi connectivity index (χ1n) is 5.85. The van der Waals surface area contributed by atoms with Crippen molar-refractivity contribution in [2.24, 2.45) is 0 Å². The van der Waals surface area contributed by atoms with Crippen molar-refractivity contribution in [2.75, 3.05) is 18.1 Å². The highest BCUT2D eigenvalue weighted by atomic mass is 32.2. The Morgan fingerprint density at radius 1 is 1.28 bits per heavy atom. The van der Waals surface area contributed by atoms with Gasteiger partial charge in [0.1, 0.15) is 10.8 Å². The summed E-state index contributed by atoms with van der Waals surface area (Å²) in [7, 11) is 0. The molecule has 0 spiro atoms. The Morgan fingerprint density at radius 2 is 2.11 bits per heavy atom. The van der Waals surface area contributed by atoms with E-state index in [9.17, 15) is 4.39 Å². The van der Waals surface area contributed by atoms with Gasteiger partial charge in [-0.05, 0) is 24.3 Å². The molecule has 0 radical (unpaired) electrons. The number of thioether (sulfide) groups is 1. The maximum Gasteiger partial charge on any atom is 0.123 e. The smallest absolute Gasteiger partial charge is 0.123 e. The minimum Gasteiger partial charge on any atom is -0.306 e. The number of halogens is 1. The largest absolute Gasteiger partial charge is 0.306 e. The van der Waals surface area contributed by atoms with Crippen molar-refractivity contribution in [2.45, 2.75) is 6.04 Å². The molecule has 1 aromatic carbocycles. The van der Waals surface area contributed by atoms with E-state index < -0.39 is 0 Å². The predicted octanol–water partition coefficient (Wildman–Crippen LogP) is 3.33. The van der Waals surface area contributed by atoms with Crippen molar-refractivity contribution in [1.29, 1.82) is 0 Å². The zero-order chi connectivity index (χ0) is 12.4. The second-order valence-electron chi connectivity index (χ2n) is 4.16. The van der Waals surface area contributed by atoms with Gasteiger partial charge in [0, 0.05) is 29.0 Å². The highest BCUT2D eigenvalue weighted by molar-refractivity contribution is 7.99. The molecular formula is C13H13FN2S2. The number of thiazole rings is 1. The molecule has 1 N–H and O–H groups in total. The van der Waals surface area contributed by atoms with Crippen molar-refractivity contribution in [1.82, 2.24) is 10.3 Å². The van der Waals surface area contributed by atoms with Crippen LogP contribution in [0.25, 0.3) is 11.3 Å². The number of aromatic nitrogens is 1. The van der Waals surface area contributed by atoms with Crippen LogP contribution in [0.1, 0.15) is 11.0 Å². The summed E-state index contributed by atoms with van der Waals surface area (Å²) < 4.78 is 12.9. The number of benzene rings is 1. The number of nitrogens with one attached hydrogen (secondary N) is 1.